The molecule has 1 aliphatic rings. The highest BCUT2D eigenvalue weighted by atomic mass is 16.5. The highest BCUT2D eigenvalue weighted by molar-refractivity contribution is 5.70. The molecule has 3 heterocycles. The van der Waals surface area contributed by atoms with Gasteiger partial charge in [-0.1, -0.05) is 30.3 Å². The fraction of sp³-hybridized carbons (Fsp3) is 0.111. The third-order valence-corrected chi connectivity index (χ3v) is 4.05. The first-order chi connectivity index (χ1) is 11.7. The molecule has 118 valence electrons. The van der Waals surface area contributed by atoms with Gasteiger partial charge in [-0.15, -0.1) is 5.10 Å². The van der Waals surface area contributed by atoms with Crippen molar-refractivity contribution in [3.8, 4) is 23.2 Å². The van der Waals surface area contributed by atoms with Crippen molar-refractivity contribution in [2.75, 3.05) is 0 Å². The van der Waals surface area contributed by atoms with E-state index in [1.807, 2.05) is 49.4 Å². The van der Waals surface area contributed by atoms with Crippen molar-refractivity contribution < 1.29 is 9.15 Å². The number of rotatable bonds is 2. The number of aromatic amines is 1. The number of nitrogens with zero attached hydrogens (tertiary/aromatic N) is 2. The molecule has 6 nitrogen and oxygen atoms in total. The smallest absolute Gasteiger partial charge is 0.244 e. The summed E-state index contributed by atoms with van der Waals surface area (Å²) in [7, 11) is 0. The van der Waals surface area contributed by atoms with E-state index in [4.69, 9.17) is 14.9 Å². The molecule has 3 aromatic rings. The topological polar surface area (TPSA) is 101 Å². The summed E-state index contributed by atoms with van der Waals surface area (Å²) >= 11 is 0. The number of benzene rings is 1. The number of fused-ring (bicyclic) bond motifs is 1. The third kappa shape index (κ3) is 2.07. The van der Waals surface area contributed by atoms with Crippen molar-refractivity contribution in [1.82, 2.24) is 10.2 Å². The Morgan fingerprint density at radius 3 is 2.67 bits per heavy atom. The van der Waals surface area contributed by atoms with Crippen LogP contribution in [-0.4, -0.2) is 10.2 Å². The molecule has 1 atom stereocenters. The van der Waals surface area contributed by atoms with Crippen molar-refractivity contribution in [2.45, 2.75) is 12.8 Å². The molecule has 1 aromatic carbocycles. The molecule has 3 N–H and O–H groups in total. The second-order valence-corrected chi connectivity index (χ2v) is 5.56. The van der Waals surface area contributed by atoms with Crippen molar-refractivity contribution in [2.24, 2.45) is 5.73 Å². The quantitative estimate of drug-likeness (QED) is 0.755. The van der Waals surface area contributed by atoms with E-state index < -0.39 is 5.92 Å². The van der Waals surface area contributed by atoms with Crippen molar-refractivity contribution >= 4 is 0 Å². The summed E-state index contributed by atoms with van der Waals surface area (Å²) in [4.78, 5) is 0. The molecular formula is C18H14N4O2. The Bertz CT molecular complexity index is 976. The normalized spacial score (nSPS) is 16.4. The molecule has 2 aromatic heterocycles. The predicted molar refractivity (Wildman–Crippen MR) is 86.8 cm³/mol. The molecule has 0 spiro atoms. The van der Waals surface area contributed by atoms with E-state index >= 15 is 0 Å². The number of hydrogen-bond donors (Lipinski definition) is 2. The van der Waals surface area contributed by atoms with Gasteiger partial charge in [-0.2, -0.15) is 5.26 Å². The zero-order valence-electron chi connectivity index (χ0n) is 12.9. The van der Waals surface area contributed by atoms with Gasteiger partial charge in [-0.25, -0.2) is 0 Å². The van der Waals surface area contributed by atoms with Crippen LogP contribution in [0.25, 0.3) is 11.3 Å². The lowest BCUT2D eigenvalue weighted by Gasteiger charge is -2.22. The van der Waals surface area contributed by atoms with Crippen molar-refractivity contribution in [3.05, 3.63) is 71.0 Å². The number of ether oxygens (including phenoxy) is 1. The van der Waals surface area contributed by atoms with E-state index in [0.29, 0.717) is 17.2 Å². The summed E-state index contributed by atoms with van der Waals surface area (Å²) in [6.45, 7) is 1.86. The van der Waals surface area contributed by atoms with Gasteiger partial charge in [-0.05, 0) is 24.6 Å². The highest BCUT2D eigenvalue weighted by Gasteiger charge is 2.37. The molecule has 1 aliphatic heterocycles. The van der Waals surface area contributed by atoms with Gasteiger partial charge in [0.1, 0.15) is 23.2 Å². The molecule has 4 rings (SSSR count). The fourth-order valence-electron chi connectivity index (χ4n) is 2.96. The first-order valence-electron chi connectivity index (χ1n) is 7.46. The summed E-state index contributed by atoms with van der Waals surface area (Å²) in [6.07, 6.45) is 0. The zero-order valence-corrected chi connectivity index (χ0v) is 12.9. The molecule has 6 heteroatoms. The van der Waals surface area contributed by atoms with Crippen molar-refractivity contribution in [3.63, 3.8) is 0 Å². The molecule has 0 saturated carbocycles. The number of allylic oxidation sites excluding steroid dienone is 1. The maximum atomic E-state index is 9.58. The second-order valence-electron chi connectivity index (χ2n) is 5.56. The van der Waals surface area contributed by atoms with E-state index in [0.717, 1.165) is 22.6 Å². The van der Waals surface area contributed by atoms with Gasteiger partial charge in [0.2, 0.25) is 11.8 Å². The summed E-state index contributed by atoms with van der Waals surface area (Å²) in [5.41, 5.74) is 8.72. The van der Waals surface area contributed by atoms with Crippen LogP contribution in [0.15, 0.2) is 58.3 Å². The molecule has 0 aliphatic carbocycles. The van der Waals surface area contributed by atoms with Crippen LogP contribution in [0.3, 0.4) is 0 Å². The van der Waals surface area contributed by atoms with E-state index in [-0.39, 0.29) is 5.88 Å². The number of nitrogens with two attached hydrogens (primary N) is 1. The van der Waals surface area contributed by atoms with E-state index in [1.165, 1.54) is 0 Å². The third-order valence-electron chi connectivity index (χ3n) is 4.05. The monoisotopic (exact) mass is 318 g/mol. The van der Waals surface area contributed by atoms with Gasteiger partial charge in [0, 0.05) is 0 Å². The van der Waals surface area contributed by atoms with E-state index in [2.05, 4.69) is 16.3 Å². The number of furan rings is 1. The van der Waals surface area contributed by atoms with Gasteiger partial charge in [0.05, 0.1) is 17.2 Å². The van der Waals surface area contributed by atoms with E-state index in [1.54, 1.807) is 0 Å². The van der Waals surface area contributed by atoms with Crippen LogP contribution in [0.4, 0.5) is 0 Å². The molecule has 0 bridgehead atoms. The molecule has 0 unspecified atom stereocenters. The highest BCUT2D eigenvalue weighted by Crippen LogP contribution is 2.45. The first-order valence-corrected chi connectivity index (χ1v) is 7.46. The maximum absolute atomic E-state index is 9.58. The van der Waals surface area contributed by atoms with Crippen LogP contribution in [0.1, 0.15) is 23.0 Å². The predicted octanol–water partition coefficient (Wildman–Crippen LogP) is 3.20. The number of nitriles is 1. The molecule has 0 saturated heterocycles. The van der Waals surface area contributed by atoms with Crippen LogP contribution in [0.5, 0.6) is 5.88 Å². The van der Waals surface area contributed by atoms with E-state index in [9.17, 15) is 5.26 Å². The standard InChI is InChI=1S/C18H14N4O2/c1-10-7-8-13(23-10)14-12(9-19)17(20)24-18-15(14)16(21-22-18)11-5-3-2-4-6-11/h2-8,14H,20H2,1H3,(H,21,22)/t14-/m0/s1. The Balaban J connectivity index is 1.96. The average molecular weight is 318 g/mol. The maximum Gasteiger partial charge on any atom is 0.244 e. The molecule has 24 heavy (non-hydrogen) atoms. The summed E-state index contributed by atoms with van der Waals surface area (Å²) in [5, 5.41) is 16.8. The number of aryl methyl sites for hydroxylation is 1. The minimum absolute atomic E-state index is 0.0511. The molecular weight excluding hydrogens is 304 g/mol. The molecule has 0 fully saturated rings. The Labute approximate surface area is 138 Å². The van der Waals surface area contributed by atoms with Gasteiger partial charge in [0.25, 0.3) is 0 Å². The number of H-pyrrole nitrogens is 1. The fourth-order valence-corrected chi connectivity index (χ4v) is 2.96. The van der Waals surface area contributed by atoms with Crippen LogP contribution < -0.4 is 10.5 Å². The van der Waals surface area contributed by atoms with Gasteiger partial charge in [-0.3, -0.25) is 5.10 Å². The van der Waals surface area contributed by atoms with Gasteiger partial charge < -0.3 is 14.9 Å². The van der Waals surface area contributed by atoms with Crippen LogP contribution >= 0.6 is 0 Å². The largest absolute Gasteiger partial charge is 0.465 e. The SMILES string of the molecule is Cc1ccc([C@@H]2C(C#N)=C(N)Oc3n[nH]c(-c4ccccc4)c32)o1. The lowest BCUT2D eigenvalue weighted by atomic mass is 9.86. The summed E-state index contributed by atoms with van der Waals surface area (Å²) in [6, 6.07) is 15.6. The Hall–Kier alpha value is -3.46. The first kappa shape index (κ1) is 14.2. The Morgan fingerprint density at radius 2 is 2.00 bits per heavy atom. The minimum atomic E-state index is -0.457. The summed E-state index contributed by atoms with van der Waals surface area (Å²) in [5.74, 6) is 1.36. The van der Waals surface area contributed by atoms with Crippen LogP contribution in [-0.2, 0) is 0 Å². The number of nitrogens with one attached hydrogen (secondary N) is 1. The number of aromatic nitrogens is 2. The Kier molecular flexibility index (Phi) is 3.14. The summed E-state index contributed by atoms with van der Waals surface area (Å²) < 4.78 is 11.3. The minimum Gasteiger partial charge on any atom is -0.465 e. The number of hydrogen-bond acceptors (Lipinski definition) is 5. The molecule has 0 radical (unpaired) electrons. The Morgan fingerprint density at radius 1 is 1.21 bits per heavy atom. The van der Waals surface area contributed by atoms with Gasteiger partial charge >= 0.3 is 0 Å². The zero-order chi connectivity index (χ0) is 16.7. The second kappa shape index (κ2) is 5.32. The van der Waals surface area contributed by atoms with Gasteiger partial charge in [0.15, 0.2) is 0 Å². The average Bonchev–Trinajstić information content (AvgIpc) is 3.20. The van der Waals surface area contributed by atoms with Crippen molar-refractivity contribution in [1.29, 1.82) is 5.26 Å². The van der Waals surface area contributed by atoms with Crippen LogP contribution in [0, 0.1) is 18.3 Å². The molecule has 0 amide bonds. The lowest BCUT2D eigenvalue weighted by Crippen LogP contribution is -2.20. The van der Waals surface area contributed by atoms with Crippen LogP contribution in [0.2, 0.25) is 0 Å². The lowest BCUT2D eigenvalue weighted by molar-refractivity contribution is 0.369.